The second-order valence-electron chi connectivity index (χ2n) is 6.84. The van der Waals surface area contributed by atoms with Gasteiger partial charge in [-0.2, -0.15) is 0 Å². The molecule has 0 aliphatic rings. The molecule has 0 saturated heterocycles. The van der Waals surface area contributed by atoms with Gasteiger partial charge in [0.25, 0.3) is 11.8 Å². The molecule has 3 rings (SSSR count). The standard InChI is InChI=1S/C23H23N3O2/c1-16(2)17-12-14-18(15-13-17)24-22(27)20-10-7-11-21(25-20)23(28)26(3)19-8-5-4-6-9-19/h4-16H,1-3H3,(H,24,27). The highest BCUT2D eigenvalue weighted by molar-refractivity contribution is 6.06. The molecule has 0 radical (unpaired) electrons. The molecule has 0 saturated carbocycles. The Morgan fingerprint density at radius 3 is 2.14 bits per heavy atom. The lowest BCUT2D eigenvalue weighted by molar-refractivity contribution is 0.0988. The van der Waals surface area contributed by atoms with E-state index in [0.717, 1.165) is 5.69 Å². The summed E-state index contributed by atoms with van der Waals surface area (Å²) >= 11 is 0. The molecule has 0 spiro atoms. The molecule has 2 aromatic carbocycles. The van der Waals surface area contributed by atoms with Crippen molar-refractivity contribution in [1.82, 2.24) is 4.98 Å². The van der Waals surface area contributed by atoms with Crippen molar-refractivity contribution in [1.29, 1.82) is 0 Å². The third-order valence-electron chi connectivity index (χ3n) is 4.48. The SMILES string of the molecule is CC(C)c1ccc(NC(=O)c2cccc(C(=O)N(C)c3ccccc3)n2)cc1. The molecule has 0 aliphatic heterocycles. The second-order valence-corrected chi connectivity index (χ2v) is 6.84. The summed E-state index contributed by atoms with van der Waals surface area (Å²) in [6.07, 6.45) is 0. The Hall–Kier alpha value is -3.47. The van der Waals surface area contributed by atoms with Crippen LogP contribution in [0.3, 0.4) is 0 Å². The number of carbonyl (C=O) groups is 2. The van der Waals surface area contributed by atoms with E-state index < -0.39 is 0 Å². The molecule has 0 aliphatic carbocycles. The van der Waals surface area contributed by atoms with Crippen LogP contribution in [0.2, 0.25) is 0 Å². The van der Waals surface area contributed by atoms with Gasteiger partial charge in [0.05, 0.1) is 0 Å². The zero-order chi connectivity index (χ0) is 20.1. The maximum Gasteiger partial charge on any atom is 0.276 e. The third-order valence-corrected chi connectivity index (χ3v) is 4.48. The molecular formula is C23H23N3O2. The molecule has 142 valence electrons. The Morgan fingerprint density at radius 1 is 0.857 bits per heavy atom. The van der Waals surface area contributed by atoms with Crippen molar-refractivity contribution in [2.75, 3.05) is 17.3 Å². The molecule has 3 aromatic rings. The number of hydrogen-bond donors (Lipinski definition) is 1. The van der Waals surface area contributed by atoms with Gasteiger partial charge in [-0.25, -0.2) is 4.98 Å². The number of rotatable bonds is 5. The van der Waals surface area contributed by atoms with Crippen molar-refractivity contribution in [3.05, 3.63) is 89.7 Å². The van der Waals surface area contributed by atoms with E-state index in [-0.39, 0.29) is 23.2 Å². The third kappa shape index (κ3) is 4.43. The Kier molecular flexibility index (Phi) is 5.84. The first-order valence-corrected chi connectivity index (χ1v) is 9.17. The molecular weight excluding hydrogens is 350 g/mol. The molecule has 0 unspecified atom stereocenters. The van der Waals surface area contributed by atoms with Gasteiger partial charge in [0.15, 0.2) is 0 Å². The summed E-state index contributed by atoms with van der Waals surface area (Å²) in [4.78, 5) is 31.0. The van der Waals surface area contributed by atoms with Crippen LogP contribution in [0.4, 0.5) is 11.4 Å². The van der Waals surface area contributed by atoms with Gasteiger partial charge >= 0.3 is 0 Å². The number of pyridine rings is 1. The predicted molar refractivity (Wildman–Crippen MR) is 112 cm³/mol. The monoisotopic (exact) mass is 373 g/mol. The van der Waals surface area contributed by atoms with E-state index in [0.29, 0.717) is 11.6 Å². The van der Waals surface area contributed by atoms with Crippen LogP contribution in [0.1, 0.15) is 46.3 Å². The fraction of sp³-hybridized carbons (Fsp3) is 0.174. The highest BCUT2D eigenvalue weighted by Crippen LogP contribution is 2.18. The van der Waals surface area contributed by atoms with Crippen LogP contribution in [0, 0.1) is 0 Å². The maximum atomic E-state index is 12.7. The lowest BCUT2D eigenvalue weighted by Crippen LogP contribution is -2.27. The van der Waals surface area contributed by atoms with Crippen LogP contribution in [-0.4, -0.2) is 23.8 Å². The predicted octanol–water partition coefficient (Wildman–Crippen LogP) is 4.73. The molecule has 0 fully saturated rings. The van der Waals surface area contributed by atoms with Gasteiger partial charge in [-0.1, -0.05) is 50.2 Å². The van der Waals surface area contributed by atoms with E-state index in [1.54, 1.807) is 25.2 Å². The van der Waals surface area contributed by atoms with Crippen LogP contribution < -0.4 is 10.2 Å². The molecule has 2 amide bonds. The Balaban J connectivity index is 1.75. The quantitative estimate of drug-likeness (QED) is 0.703. The van der Waals surface area contributed by atoms with Crippen LogP contribution in [-0.2, 0) is 0 Å². The number of anilines is 2. The minimum Gasteiger partial charge on any atom is -0.321 e. The van der Waals surface area contributed by atoms with E-state index >= 15 is 0 Å². The first kappa shape index (κ1) is 19.3. The molecule has 5 heteroatoms. The lowest BCUT2D eigenvalue weighted by Gasteiger charge is -2.17. The summed E-state index contributed by atoms with van der Waals surface area (Å²) in [6.45, 7) is 4.24. The van der Waals surface area contributed by atoms with Crippen molar-refractivity contribution in [3.8, 4) is 0 Å². The van der Waals surface area contributed by atoms with Crippen LogP contribution in [0.15, 0.2) is 72.8 Å². The van der Waals surface area contributed by atoms with Crippen LogP contribution in [0.5, 0.6) is 0 Å². The average Bonchev–Trinajstić information content (AvgIpc) is 2.73. The van der Waals surface area contributed by atoms with Gasteiger partial charge in [-0.3, -0.25) is 9.59 Å². The highest BCUT2D eigenvalue weighted by Gasteiger charge is 2.17. The smallest absolute Gasteiger partial charge is 0.276 e. The largest absolute Gasteiger partial charge is 0.321 e. The fourth-order valence-corrected chi connectivity index (χ4v) is 2.77. The molecule has 0 bridgehead atoms. The van der Waals surface area contributed by atoms with Crippen LogP contribution >= 0.6 is 0 Å². The number of nitrogens with one attached hydrogen (secondary N) is 1. The van der Waals surface area contributed by atoms with Crippen LogP contribution in [0.25, 0.3) is 0 Å². The van der Waals surface area contributed by atoms with Crippen molar-refractivity contribution < 1.29 is 9.59 Å². The summed E-state index contributed by atoms with van der Waals surface area (Å²) in [5.41, 5.74) is 3.06. The molecule has 1 heterocycles. The van der Waals surface area contributed by atoms with Gasteiger partial charge in [0.2, 0.25) is 0 Å². The molecule has 0 atom stereocenters. The Labute approximate surface area is 165 Å². The van der Waals surface area contributed by atoms with Gasteiger partial charge < -0.3 is 10.2 Å². The van der Waals surface area contributed by atoms with Gasteiger partial charge in [-0.05, 0) is 47.9 Å². The van der Waals surface area contributed by atoms with Gasteiger partial charge in [-0.15, -0.1) is 0 Å². The van der Waals surface area contributed by atoms with Crippen molar-refractivity contribution in [2.24, 2.45) is 0 Å². The molecule has 1 aromatic heterocycles. The topological polar surface area (TPSA) is 62.3 Å². The lowest BCUT2D eigenvalue weighted by atomic mass is 10.0. The zero-order valence-electron chi connectivity index (χ0n) is 16.2. The summed E-state index contributed by atoms with van der Waals surface area (Å²) in [7, 11) is 1.68. The number of aromatic nitrogens is 1. The molecule has 5 nitrogen and oxygen atoms in total. The minimum absolute atomic E-state index is 0.195. The van der Waals surface area contributed by atoms with Gasteiger partial charge in [0.1, 0.15) is 11.4 Å². The first-order valence-electron chi connectivity index (χ1n) is 9.17. The number of benzene rings is 2. The van der Waals surface area contributed by atoms with E-state index in [1.807, 2.05) is 54.6 Å². The maximum absolute atomic E-state index is 12.7. The number of nitrogens with zero attached hydrogens (tertiary/aromatic N) is 2. The zero-order valence-corrected chi connectivity index (χ0v) is 16.2. The van der Waals surface area contributed by atoms with Gasteiger partial charge in [0, 0.05) is 18.4 Å². The van der Waals surface area contributed by atoms with Crippen molar-refractivity contribution in [3.63, 3.8) is 0 Å². The number of carbonyl (C=O) groups excluding carboxylic acids is 2. The normalized spacial score (nSPS) is 10.6. The Bertz CT molecular complexity index is 967. The summed E-state index contributed by atoms with van der Waals surface area (Å²) in [5.74, 6) is -0.202. The fourth-order valence-electron chi connectivity index (χ4n) is 2.77. The first-order chi connectivity index (χ1) is 13.5. The Morgan fingerprint density at radius 2 is 1.50 bits per heavy atom. The highest BCUT2D eigenvalue weighted by atomic mass is 16.2. The summed E-state index contributed by atoms with van der Waals surface area (Å²) < 4.78 is 0. The van der Waals surface area contributed by atoms with Crippen molar-refractivity contribution >= 4 is 23.2 Å². The second kappa shape index (κ2) is 8.48. The summed E-state index contributed by atoms with van der Waals surface area (Å²) in [5, 5.41) is 2.83. The molecule has 1 N–H and O–H groups in total. The number of hydrogen-bond acceptors (Lipinski definition) is 3. The van der Waals surface area contributed by atoms with E-state index in [9.17, 15) is 9.59 Å². The average molecular weight is 373 g/mol. The minimum atomic E-state index is -0.352. The van der Waals surface area contributed by atoms with E-state index in [4.69, 9.17) is 0 Å². The van der Waals surface area contributed by atoms with Crippen molar-refractivity contribution in [2.45, 2.75) is 19.8 Å². The summed E-state index contributed by atoms with van der Waals surface area (Å²) in [6, 6.07) is 21.9. The number of para-hydroxylation sites is 1. The number of amides is 2. The molecule has 28 heavy (non-hydrogen) atoms. The van der Waals surface area contributed by atoms with E-state index in [2.05, 4.69) is 24.1 Å². The van der Waals surface area contributed by atoms with E-state index in [1.165, 1.54) is 10.5 Å².